The van der Waals surface area contributed by atoms with Crippen molar-refractivity contribution in [2.75, 3.05) is 26.2 Å². The van der Waals surface area contributed by atoms with Crippen LogP contribution in [0.1, 0.15) is 102 Å². The normalized spacial score (nSPS) is 14.9. The summed E-state index contributed by atoms with van der Waals surface area (Å²) >= 11 is 0. The molecule has 2 heterocycles. The fraction of sp³-hybridized carbons (Fsp3) is 0.476. The number of aromatic nitrogens is 1. The number of rotatable bonds is 26. The molecule has 2 amide bonds. The molecule has 0 aliphatic carbocycles. The molecule has 1 aliphatic heterocycles. The molecule has 0 radical (unpaired) electrons. The lowest BCUT2D eigenvalue weighted by Gasteiger charge is -2.14. The van der Waals surface area contributed by atoms with Crippen molar-refractivity contribution >= 4 is 23.9 Å². The van der Waals surface area contributed by atoms with Crippen molar-refractivity contribution in [2.24, 2.45) is 0 Å². The lowest BCUT2D eigenvalue weighted by Crippen LogP contribution is -2.41. The van der Waals surface area contributed by atoms with Crippen molar-refractivity contribution in [3.8, 4) is 0 Å². The Morgan fingerprint density at radius 2 is 1.42 bits per heavy atom. The maximum absolute atomic E-state index is 12.4. The summed E-state index contributed by atoms with van der Waals surface area (Å²) in [6.45, 7) is 5.89. The van der Waals surface area contributed by atoms with E-state index < -0.39 is 12.0 Å². The monoisotopic (exact) mass is 684 g/mol. The smallest absolute Gasteiger partial charge is 0.326 e. The van der Waals surface area contributed by atoms with Crippen molar-refractivity contribution in [2.45, 2.75) is 103 Å². The highest BCUT2D eigenvalue weighted by Crippen LogP contribution is 2.10. The van der Waals surface area contributed by atoms with Crippen molar-refractivity contribution < 1.29 is 19.5 Å². The highest BCUT2D eigenvalue weighted by molar-refractivity contribution is 5.84. The molecule has 50 heavy (non-hydrogen) atoms. The van der Waals surface area contributed by atoms with Gasteiger partial charge in [-0.2, -0.15) is 0 Å². The maximum Gasteiger partial charge on any atom is 0.326 e. The number of hydrogen-bond acceptors (Lipinski definition) is 5. The number of nitrogens with one attached hydrogen (secondary N) is 2. The lowest BCUT2D eigenvalue weighted by atomic mass is 10.1. The van der Waals surface area contributed by atoms with Crippen LogP contribution in [0.2, 0.25) is 0 Å². The molecule has 1 unspecified atom stereocenters. The summed E-state index contributed by atoms with van der Waals surface area (Å²) < 4.78 is 0. The summed E-state index contributed by atoms with van der Waals surface area (Å²) in [5.41, 5.74) is 1.95. The predicted octanol–water partition coefficient (Wildman–Crippen LogP) is 8.07. The Kier molecular flexibility index (Phi) is 23.9. The van der Waals surface area contributed by atoms with Gasteiger partial charge in [-0.1, -0.05) is 98.1 Å². The molecule has 8 nitrogen and oxygen atoms in total. The van der Waals surface area contributed by atoms with E-state index >= 15 is 0 Å². The molecular weight excluding hydrogens is 624 g/mol. The Labute approximate surface area is 300 Å². The molecule has 8 heteroatoms. The third-order valence-corrected chi connectivity index (χ3v) is 8.10. The van der Waals surface area contributed by atoms with Crippen LogP contribution in [0.3, 0.4) is 0 Å². The third kappa shape index (κ3) is 22.4. The number of nitrogens with zero attached hydrogens (tertiary/aromatic N) is 2. The maximum atomic E-state index is 12.4. The van der Waals surface area contributed by atoms with E-state index in [2.05, 4.69) is 94.3 Å². The first-order chi connectivity index (χ1) is 24.5. The molecule has 1 fully saturated rings. The molecule has 0 saturated carbocycles. The van der Waals surface area contributed by atoms with Gasteiger partial charge in [-0.3, -0.25) is 14.6 Å². The Morgan fingerprint density at radius 1 is 0.820 bits per heavy atom. The van der Waals surface area contributed by atoms with Gasteiger partial charge >= 0.3 is 5.97 Å². The molecule has 3 N–H and O–H groups in total. The number of aliphatic carboxylic acids is 1. The molecule has 0 bridgehead atoms. The number of carboxylic acids is 1. The molecule has 0 aromatic carbocycles. The van der Waals surface area contributed by atoms with Crippen LogP contribution in [0.4, 0.5) is 0 Å². The van der Waals surface area contributed by atoms with E-state index in [0.717, 1.165) is 62.7 Å². The van der Waals surface area contributed by atoms with Crippen LogP contribution in [0.5, 0.6) is 0 Å². The van der Waals surface area contributed by atoms with Crippen LogP contribution in [-0.4, -0.2) is 65.0 Å². The average Bonchev–Trinajstić information content (AvgIpc) is 3.64. The summed E-state index contributed by atoms with van der Waals surface area (Å²) in [7, 11) is 0. The fourth-order valence-corrected chi connectivity index (χ4v) is 5.25. The van der Waals surface area contributed by atoms with E-state index in [4.69, 9.17) is 0 Å². The molecule has 0 spiro atoms. The van der Waals surface area contributed by atoms with E-state index in [1.165, 1.54) is 25.9 Å². The summed E-state index contributed by atoms with van der Waals surface area (Å²) in [6.07, 6.45) is 42.2. The second-order valence-corrected chi connectivity index (χ2v) is 12.4. The first-order valence-electron chi connectivity index (χ1n) is 18.5. The summed E-state index contributed by atoms with van der Waals surface area (Å²) in [4.78, 5) is 43.2. The second-order valence-electron chi connectivity index (χ2n) is 12.4. The van der Waals surface area contributed by atoms with Gasteiger partial charge in [-0.05, 0) is 95.3 Å². The highest BCUT2D eigenvalue weighted by atomic mass is 16.4. The van der Waals surface area contributed by atoms with E-state index in [9.17, 15) is 19.5 Å². The van der Waals surface area contributed by atoms with Gasteiger partial charge in [-0.15, -0.1) is 0 Å². The Balaban J connectivity index is 1.49. The Hall–Kier alpha value is -4.30. The lowest BCUT2D eigenvalue weighted by molar-refractivity contribution is -0.141. The zero-order valence-electron chi connectivity index (χ0n) is 30.2. The van der Waals surface area contributed by atoms with E-state index in [1.54, 1.807) is 12.3 Å². The standard InChI is InChI=1S/C42H60N4O4/c1-2-3-4-5-6-7-8-9-10-11-12-13-14-15-16-17-18-19-20-27-40(47)43-32-24-26-39(42(49)50)45-41(48)28-23-25-37-29-30-38(44-36-37)31-35-46-33-21-22-34-46/h3-4,6-7,9-10,12-13,15-16,18-19,23,25,29-30,36,39H,2,5,8,11,14,17,20-22,24,26-28,31-35H2,1H3,(H,43,47)(H,45,48)(H,49,50). The van der Waals surface area contributed by atoms with E-state index in [1.807, 2.05) is 24.3 Å². The van der Waals surface area contributed by atoms with Gasteiger partial charge in [0.15, 0.2) is 0 Å². The van der Waals surface area contributed by atoms with Crippen molar-refractivity contribution in [1.29, 1.82) is 0 Å². The fourth-order valence-electron chi connectivity index (χ4n) is 5.25. The van der Waals surface area contributed by atoms with Crippen LogP contribution in [0, 0.1) is 0 Å². The van der Waals surface area contributed by atoms with Gasteiger partial charge < -0.3 is 20.6 Å². The van der Waals surface area contributed by atoms with Gasteiger partial charge in [0.25, 0.3) is 0 Å². The van der Waals surface area contributed by atoms with Crippen molar-refractivity contribution in [3.05, 3.63) is 109 Å². The number of amides is 2. The first-order valence-corrected chi connectivity index (χ1v) is 18.5. The number of hydrogen-bond donors (Lipinski definition) is 3. The SMILES string of the molecule is CCC=CCC=CCC=CCC=CCC=CCC=CCCC(=O)NCCCC(NC(=O)CC=Cc1ccc(CCN2CCCC2)nc1)C(=O)O. The molecule has 1 aliphatic rings. The van der Waals surface area contributed by atoms with Crippen LogP contribution in [0.25, 0.3) is 6.08 Å². The van der Waals surface area contributed by atoms with Crippen molar-refractivity contribution in [3.63, 3.8) is 0 Å². The Bertz CT molecular complexity index is 1300. The highest BCUT2D eigenvalue weighted by Gasteiger charge is 2.19. The Morgan fingerprint density at radius 3 is 1.98 bits per heavy atom. The molecular formula is C42H60N4O4. The summed E-state index contributed by atoms with van der Waals surface area (Å²) in [6, 6.07) is 3.00. The summed E-state index contributed by atoms with van der Waals surface area (Å²) in [5, 5.41) is 15.0. The first kappa shape index (κ1) is 41.9. The van der Waals surface area contributed by atoms with E-state index in [-0.39, 0.29) is 24.7 Å². The molecule has 1 saturated heterocycles. The second kappa shape index (κ2) is 28.5. The number of likely N-dealkylation sites (tertiary alicyclic amines) is 1. The molecule has 2 rings (SSSR count). The van der Waals surface area contributed by atoms with Gasteiger partial charge in [0.2, 0.25) is 11.8 Å². The quantitative estimate of drug-likeness (QED) is 0.0673. The minimum absolute atomic E-state index is 0.0697. The molecule has 272 valence electrons. The number of pyridine rings is 1. The minimum Gasteiger partial charge on any atom is -0.480 e. The zero-order chi connectivity index (χ0) is 35.9. The molecule has 1 aromatic rings. The molecule has 1 aromatic heterocycles. The average molecular weight is 685 g/mol. The van der Waals surface area contributed by atoms with Gasteiger partial charge in [0, 0.05) is 44.2 Å². The topological polar surface area (TPSA) is 112 Å². The van der Waals surface area contributed by atoms with Crippen LogP contribution >= 0.6 is 0 Å². The predicted molar refractivity (Wildman–Crippen MR) is 207 cm³/mol. The summed E-state index contributed by atoms with van der Waals surface area (Å²) in [5.74, 6) is -1.51. The minimum atomic E-state index is -1.08. The van der Waals surface area contributed by atoms with Crippen LogP contribution in [-0.2, 0) is 20.8 Å². The van der Waals surface area contributed by atoms with Gasteiger partial charge in [0.05, 0.1) is 0 Å². The van der Waals surface area contributed by atoms with Crippen molar-refractivity contribution in [1.82, 2.24) is 20.5 Å². The van der Waals surface area contributed by atoms with Crippen LogP contribution in [0.15, 0.2) is 97.3 Å². The van der Waals surface area contributed by atoms with Crippen LogP contribution < -0.4 is 10.6 Å². The third-order valence-electron chi connectivity index (χ3n) is 8.10. The number of carbonyl (C=O) groups is 3. The zero-order valence-corrected chi connectivity index (χ0v) is 30.2. The van der Waals surface area contributed by atoms with Gasteiger partial charge in [0.1, 0.15) is 6.04 Å². The largest absolute Gasteiger partial charge is 0.480 e. The number of allylic oxidation sites excluding steroid dienone is 12. The van der Waals surface area contributed by atoms with Gasteiger partial charge in [-0.25, -0.2) is 4.79 Å². The number of carbonyl (C=O) groups excluding carboxylic acids is 2. The van der Waals surface area contributed by atoms with E-state index in [0.29, 0.717) is 25.8 Å². The molecule has 1 atom stereocenters. The number of carboxylic acid groups (broad SMARTS) is 1.